The summed E-state index contributed by atoms with van der Waals surface area (Å²) in [7, 11) is 0. The summed E-state index contributed by atoms with van der Waals surface area (Å²) in [5.41, 5.74) is 2.60. The molecule has 3 rings (SSSR count). The summed E-state index contributed by atoms with van der Waals surface area (Å²) in [6.45, 7) is 2.01. The van der Waals surface area contributed by atoms with Crippen molar-refractivity contribution in [2.45, 2.75) is 26.2 Å². The highest BCUT2D eigenvalue weighted by Crippen LogP contribution is 2.32. The second kappa shape index (κ2) is 8.89. The Balaban J connectivity index is 1.83. The van der Waals surface area contributed by atoms with Gasteiger partial charge in [-0.2, -0.15) is 5.26 Å². The van der Waals surface area contributed by atoms with Gasteiger partial charge in [0.15, 0.2) is 0 Å². The van der Waals surface area contributed by atoms with Gasteiger partial charge in [-0.15, -0.1) is 0 Å². The quantitative estimate of drug-likeness (QED) is 0.632. The lowest BCUT2D eigenvalue weighted by Crippen LogP contribution is -2.28. The summed E-state index contributed by atoms with van der Waals surface area (Å²) in [4.78, 5) is 22.1. The first-order valence-corrected chi connectivity index (χ1v) is 9.26. The molecule has 0 aliphatic heterocycles. The Morgan fingerprint density at radius 1 is 1.07 bits per heavy atom. The SMILES string of the molecule is CCc1cc(Oc2ccc(C#N)c3ccccc23)ccc1CCC(=O)NC(=O)O. The number of hydrogen-bond donors (Lipinski definition) is 2. The van der Waals surface area contributed by atoms with Crippen LogP contribution in [0.15, 0.2) is 54.6 Å². The van der Waals surface area contributed by atoms with Crippen molar-refractivity contribution in [1.82, 2.24) is 5.32 Å². The van der Waals surface area contributed by atoms with Crippen LogP contribution in [0, 0.1) is 11.3 Å². The number of benzene rings is 3. The van der Waals surface area contributed by atoms with Crippen molar-refractivity contribution in [3.63, 3.8) is 0 Å². The molecular weight excluding hydrogens is 368 g/mol. The Labute approximate surface area is 168 Å². The number of nitriles is 1. The number of fused-ring (bicyclic) bond motifs is 1. The van der Waals surface area contributed by atoms with Crippen LogP contribution in [-0.4, -0.2) is 17.1 Å². The highest BCUT2D eigenvalue weighted by atomic mass is 16.5. The minimum absolute atomic E-state index is 0.0970. The minimum atomic E-state index is -1.34. The highest BCUT2D eigenvalue weighted by Gasteiger charge is 2.11. The van der Waals surface area contributed by atoms with Gasteiger partial charge in [-0.3, -0.25) is 10.1 Å². The number of imide groups is 1. The van der Waals surface area contributed by atoms with E-state index in [0.29, 0.717) is 23.5 Å². The van der Waals surface area contributed by atoms with E-state index < -0.39 is 12.0 Å². The summed E-state index contributed by atoms with van der Waals surface area (Å²) < 4.78 is 6.10. The van der Waals surface area contributed by atoms with Crippen LogP contribution in [0.5, 0.6) is 11.5 Å². The van der Waals surface area contributed by atoms with Gasteiger partial charge in [0.25, 0.3) is 0 Å². The fourth-order valence-electron chi connectivity index (χ4n) is 3.25. The number of ether oxygens (including phenoxy) is 1. The van der Waals surface area contributed by atoms with Crippen LogP contribution >= 0.6 is 0 Å². The molecule has 0 aliphatic rings. The Hall–Kier alpha value is -3.85. The van der Waals surface area contributed by atoms with Crippen LogP contribution in [0.25, 0.3) is 10.8 Å². The maximum Gasteiger partial charge on any atom is 0.411 e. The molecule has 0 aliphatic carbocycles. The Kier molecular flexibility index (Phi) is 6.10. The van der Waals surface area contributed by atoms with Gasteiger partial charge in [0.1, 0.15) is 11.5 Å². The van der Waals surface area contributed by atoms with E-state index in [1.54, 1.807) is 12.1 Å². The molecule has 0 saturated heterocycles. The molecule has 0 spiro atoms. The lowest BCUT2D eigenvalue weighted by atomic mass is 10.0. The van der Waals surface area contributed by atoms with Crippen molar-refractivity contribution < 1.29 is 19.4 Å². The zero-order valence-electron chi connectivity index (χ0n) is 15.9. The van der Waals surface area contributed by atoms with E-state index in [1.807, 2.05) is 54.7 Å². The van der Waals surface area contributed by atoms with Crippen molar-refractivity contribution >= 4 is 22.8 Å². The third kappa shape index (κ3) is 4.71. The standard InChI is InChI=1S/C23H20N2O4/c1-2-15-13-18(10-7-16(15)9-12-22(26)25-23(27)28)29-21-11-8-17(14-24)19-5-3-4-6-20(19)21/h3-8,10-11,13H,2,9,12H2,1H3,(H,25,26)(H,27,28). The molecule has 29 heavy (non-hydrogen) atoms. The van der Waals surface area contributed by atoms with Crippen molar-refractivity contribution in [2.24, 2.45) is 0 Å². The number of hydrogen-bond acceptors (Lipinski definition) is 4. The van der Waals surface area contributed by atoms with E-state index in [4.69, 9.17) is 9.84 Å². The first kappa shape index (κ1) is 19.9. The monoisotopic (exact) mass is 388 g/mol. The van der Waals surface area contributed by atoms with Crippen LogP contribution < -0.4 is 10.1 Å². The molecule has 0 heterocycles. The van der Waals surface area contributed by atoms with E-state index in [-0.39, 0.29) is 6.42 Å². The third-order valence-electron chi connectivity index (χ3n) is 4.66. The average Bonchev–Trinajstić information content (AvgIpc) is 2.72. The van der Waals surface area contributed by atoms with Crippen molar-refractivity contribution in [2.75, 3.05) is 0 Å². The van der Waals surface area contributed by atoms with Gasteiger partial charge in [-0.1, -0.05) is 37.3 Å². The number of amides is 2. The molecule has 0 saturated carbocycles. The van der Waals surface area contributed by atoms with Gasteiger partial charge in [-0.25, -0.2) is 4.79 Å². The minimum Gasteiger partial charge on any atom is -0.465 e. The van der Waals surface area contributed by atoms with Crippen LogP contribution in [0.4, 0.5) is 4.79 Å². The normalized spacial score (nSPS) is 10.3. The summed E-state index contributed by atoms with van der Waals surface area (Å²) in [5, 5.41) is 21.4. The number of rotatable bonds is 6. The molecule has 3 aromatic carbocycles. The molecule has 0 unspecified atom stereocenters. The Morgan fingerprint density at radius 3 is 2.52 bits per heavy atom. The molecule has 0 atom stereocenters. The van der Waals surface area contributed by atoms with E-state index in [9.17, 15) is 14.9 Å². The second-order valence-corrected chi connectivity index (χ2v) is 6.51. The molecule has 0 fully saturated rings. The fourth-order valence-corrected chi connectivity index (χ4v) is 3.25. The highest BCUT2D eigenvalue weighted by molar-refractivity contribution is 5.93. The number of carbonyl (C=O) groups is 2. The summed E-state index contributed by atoms with van der Waals surface area (Å²) in [6, 6.07) is 19.0. The zero-order valence-corrected chi connectivity index (χ0v) is 15.9. The van der Waals surface area contributed by atoms with E-state index in [2.05, 4.69) is 6.07 Å². The van der Waals surface area contributed by atoms with Crippen molar-refractivity contribution in [3.8, 4) is 17.6 Å². The zero-order chi connectivity index (χ0) is 20.8. The lowest BCUT2D eigenvalue weighted by molar-refractivity contribution is -0.120. The Bertz CT molecular complexity index is 1120. The predicted molar refractivity (Wildman–Crippen MR) is 109 cm³/mol. The van der Waals surface area contributed by atoms with Crippen LogP contribution in [0.2, 0.25) is 0 Å². The summed E-state index contributed by atoms with van der Waals surface area (Å²) in [6.07, 6.45) is -0.0485. The number of carboxylic acid groups (broad SMARTS) is 1. The van der Waals surface area contributed by atoms with Gasteiger partial charge < -0.3 is 9.84 Å². The average molecular weight is 388 g/mol. The number of nitrogens with zero attached hydrogens (tertiary/aromatic N) is 1. The number of carbonyl (C=O) groups excluding carboxylic acids is 1. The maximum absolute atomic E-state index is 11.6. The molecule has 0 bridgehead atoms. The largest absolute Gasteiger partial charge is 0.465 e. The smallest absolute Gasteiger partial charge is 0.411 e. The first-order chi connectivity index (χ1) is 14.0. The van der Waals surface area contributed by atoms with E-state index in [1.165, 1.54) is 0 Å². The maximum atomic E-state index is 11.6. The molecule has 6 heteroatoms. The molecule has 0 aromatic heterocycles. The van der Waals surface area contributed by atoms with Crippen LogP contribution in [0.3, 0.4) is 0 Å². The van der Waals surface area contributed by atoms with Crippen LogP contribution in [-0.2, 0) is 17.6 Å². The van der Waals surface area contributed by atoms with Gasteiger partial charge in [0.05, 0.1) is 11.6 Å². The molecule has 3 aromatic rings. The summed E-state index contributed by atoms with van der Waals surface area (Å²) in [5.74, 6) is 0.801. The van der Waals surface area contributed by atoms with Gasteiger partial charge in [0, 0.05) is 17.2 Å². The van der Waals surface area contributed by atoms with Crippen LogP contribution in [0.1, 0.15) is 30.0 Å². The molecule has 2 N–H and O–H groups in total. The number of aryl methyl sites for hydroxylation is 2. The van der Waals surface area contributed by atoms with E-state index >= 15 is 0 Å². The van der Waals surface area contributed by atoms with Crippen molar-refractivity contribution in [3.05, 3.63) is 71.3 Å². The molecular formula is C23H20N2O4. The molecule has 146 valence electrons. The third-order valence-corrected chi connectivity index (χ3v) is 4.66. The molecule has 2 amide bonds. The van der Waals surface area contributed by atoms with Gasteiger partial charge in [0.2, 0.25) is 5.91 Å². The number of nitrogens with one attached hydrogen (secondary N) is 1. The van der Waals surface area contributed by atoms with Gasteiger partial charge >= 0.3 is 6.09 Å². The summed E-state index contributed by atoms with van der Waals surface area (Å²) >= 11 is 0. The predicted octanol–water partition coefficient (Wildman–Crippen LogP) is 4.79. The molecule has 6 nitrogen and oxygen atoms in total. The second-order valence-electron chi connectivity index (χ2n) is 6.51. The molecule has 0 radical (unpaired) electrons. The fraction of sp³-hybridized carbons (Fsp3) is 0.174. The van der Waals surface area contributed by atoms with Gasteiger partial charge in [-0.05, 0) is 48.2 Å². The van der Waals surface area contributed by atoms with E-state index in [0.717, 1.165) is 28.3 Å². The lowest BCUT2D eigenvalue weighted by Gasteiger charge is -2.13. The first-order valence-electron chi connectivity index (χ1n) is 9.26. The van der Waals surface area contributed by atoms with Crippen molar-refractivity contribution in [1.29, 1.82) is 5.26 Å². The topological polar surface area (TPSA) is 99.4 Å². The Morgan fingerprint density at radius 2 is 1.83 bits per heavy atom.